The Kier molecular flexibility index (Phi) is 4.60. The van der Waals surface area contributed by atoms with Gasteiger partial charge in [-0.2, -0.15) is 0 Å². The van der Waals surface area contributed by atoms with E-state index in [1.54, 1.807) is 0 Å². The zero-order chi connectivity index (χ0) is 15.6. The topological polar surface area (TPSA) is 102 Å². The molecule has 0 aliphatic rings. The van der Waals surface area contributed by atoms with Crippen molar-refractivity contribution in [2.75, 3.05) is 17.3 Å². The number of aromatic nitrogens is 1. The minimum atomic E-state index is -3.12. The fraction of sp³-hybridized carbons (Fsp3) is 0.385. The molecule has 2 aromatic rings. The largest absolute Gasteiger partial charge is 0.320 e. The van der Waals surface area contributed by atoms with Gasteiger partial charge in [-0.25, -0.2) is 13.4 Å². The molecule has 1 atom stereocenters. The van der Waals surface area contributed by atoms with E-state index in [-0.39, 0.29) is 12.2 Å². The fourth-order valence-corrected chi connectivity index (χ4v) is 3.44. The van der Waals surface area contributed by atoms with E-state index in [0.717, 1.165) is 22.0 Å². The third-order valence-electron chi connectivity index (χ3n) is 2.99. The number of thiazole rings is 1. The molecule has 1 aromatic heterocycles. The quantitative estimate of drug-likeness (QED) is 0.862. The number of aryl methyl sites for hydroxylation is 1. The monoisotopic (exact) mass is 327 g/mol. The number of sulfone groups is 1. The number of nitrogens with two attached hydrogens (primary N) is 1. The molecule has 0 saturated carbocycles. The Bertz CT molecular complexity index is 768. The number of fused-ring (bicyclic) bond motifs is 1. The number of amides is 1. The van der Waals surface area contributed by atoms with Crippen LogP contribution in [0.3, 0.4) is 0 Å². The molecule has 2 rings (SSSR count). The van der Waals surface area contributed by atoms with Crippen LogP contribution in [0.15, 0.2) is 18.2 Å². The van der Waals surface area contributed by atoms with Crippen molar-refractivity contribution in [2.24, 2.45) is 5.73 Å². The van der Waals surface area contributed by atoms with Gasteiger partial charge in [-0.3, -0.25) is 4.79 Å². The molecule has 0 spiro atoms. The molecule has 8 heteroatoms. The number of carbonyl (C=O) groups excluding carboxylic acids is 1. The molecule has 0 bridgehead atoms. The predicted octanol–water partition coefficient (Wildman–Crippen LogP) is 1.31. The summed E-state index contributed by atoms with van der Waals surface area (Å²) >= 11 is 1.36. The Morgan fingerprint density at radius 3 is 2.81 bits per heavy atom. The molecule has 0 radical (unpaired) electrons. The minimum Gasteiger partial charge on any atom is -0.320 e. The van der Waals surface area contributed by atoms with E-state index in [2.05, 4.69) is 10.3 Å². The number of para-hydroxylation sites is 1. The van der Waals surface area contributed by atoms with Gasteiger partial charge >= 0.3 is 0 Å². The van der Waals surface area contributed by atoms with Gasteiger partial charge in [0.1, 0.15) is 9.84 Å². The lowest BCUT2D eigenvalue weighted by molar-refractivity contribution is -0.117. The normalized spacial score (nSPS) is 13.3. The predicted molar refractivity (Wildman–Crippen MR) is 85.3 cm³/mol. The summed E-state index contributed by atoms with van der Waals surface area (Å²) in [7, 11) is -3.12. The molecular weight excluding hydrogens is 310 g/mol. The summed E-state index contributed by atoms with van der Waals surface area (Å²) in [4.78, 5) is 16.3. The molecule has 21 heavy (non-hydrogen) atoms. The lowest BCUT2D eigenvalue weighted by Gasteiger charge is -2.09. The number of hydrogen-bond acceptors (Lipinski definition) is 6. The summed E-state index contributed by atoms with van der Waals surface area (Å²) in [5, 5.41) is 3.11. The summed E-state index contributed by atoms with van der Waals surface area (Å²) in [5.74, 6) is -0.532. The second-order valence-electron chi connectivity index (χ2n) is 4.95. The zero-order valence-corrected chi connectivity index (χ0v) is 13.4. The first-order valence-corrected chi connectivity index (χ1v) is 9.24. The van der Waals surface area contributed by atoms with Crippen LogP contribution in [-0.2, 0) is 14.6 Å². The SMILES string of the molecule is Cc1cccc2sc(NC(=O)C(N)CCS(C)(=O)=O)nc12. The standard InChI is InChI=1S/C13H17N3O3S2/c1-8-4-3-5-10-11(8)15-13(20-10)16-12(17)9(14)6-7-21(2,18)19/h3-5,9H,6-7,14H2,1-2H3,(H,15,16,17). The molecule has 1 aromatic carbocycles. The smallest absolute Gasteiger partial charge is 0.243 e. The molecule has 1 unspecified atom stereocenters. The van der Waals surface area contributed by atoms with Crippen molar-refractivity contribution in [3.05, 3.63) is 23.8 Å². The Morgan fingerprint density at radius 2 is 2.19 bits per heavy atom. The maximum absolute atomic E-state index is 11.9. The third-order valence-corrected chi connectivity index (χ3v) is 4.90. The highest BCUT2D eigenvalue weighted by molar-refractivity contribution is 7.90. The summed E-state index contributed by atoms with van der Waals surface area (Å²) in [6.07, 6.45) is 1.21. The average Bonchev–Trinajstić information content (AvgIpc) is 2.79. The maximum Gasteiger partial charge on any atom is 0.243 e. The van der Waals surface area contributed by atoms with Gasteiger partial charge in [0.05, 0.1) is 22.0 Å². The number of rotatable bonds is 5. The fourth-order valence-electron chi connectivity index (χ4n) is 1.81. The van der Waals surface area contributed by atoms with Gasteiger partial charge < -0.3 is 11.1 Å². The molecule has 1 heterocycles. The number of nitrogens with zero attached hydrogens (tertiary/aromatic N) is 1. The molecule has 0 aliphatic heterocycles. The first-order chi connectivity index (χ1) is 9.76. The number of benzene rings is 1. The van der Waals surface area contributed by atoms with E-state index in [4.69, 9.17) is 5.73 Å². The molecule has 0 saturated heterocycles. The molecule has 114 valence electrons. The van der Waals surface area contributed by atoms with Gasteiger partial charge in [0, 0.05) is 6.26 Å². The molecule has 0 fully saturated rings. The van der Waals surface area contributed by atoms with Gasteiger partial charge in [0.15, 0.2) is 5.13 Å². The van der Waals surface area contributed by atoms with Crippen LogP contribution >= 0.6 is 11.3 Å². The summed E-state index contributed by atoms with van der Waals surface area (Å²) in [6.45, 7) is 1.95. The van der Waals surface area contributed by atoms with E-state index in [0.29, 0.717) is 5.13 Å². The van der Waals surface area contributed by atoms with Gasteiger partial charge in [-0.15, -0.1) is 0 Å². The van der Waals surface area contributed by atoms with Crippen LogP contribution in [-0.4, -0.2) is 37.4 Å². The van der Waals surface area contributed by atoms with E-state index < -0.39 is 21.8 Å². The van der Waals surface area contributed by atoms with Crippen LogP contribution < -0.4 is 11.1 Å². The van der Waals surface area contributed by atoms with Crippen LogP contribution in [0, 0.1) is 6.92 Å². The second kappa shape index (κ2) is 6.08. The number of hydrogen-bond donors (Lipinski definition) is 2. The van der Waals surface area contributed by atoms with Crippen LogP contribution in [0.2, 0.25) is 0 Å². The van der Waals surface area contributed by atoms with Crippen LogP contribution in [0.25, 0.3) is 10.2 Å². The lowest BCUT2D eigenvalue weighted by atomic mass is 10.2. The van der Waals surface area contributed by atoms with E-state index in [9.17, 15) is 13.2 Å². The molecule has 0 aliphatic carbocycles. The lowest BCUT2D eigenvalue weighted by Crippen LogP contribution is -2.37. The van der Waals surface area contributed by atoms with Crippen molar-refractivity contribution in [2.45, 2.75) is 19.4 Å². The van der Waals surface area contributed by atoms with Crippen molar-refractivity contribution in [1.29, 1.82) is 0 Å². The first kappa shape index (κ1) is 15.9. The van der Waals surface area contributed by atoms with Gasteiger partial charge in [0.25, 0.3) is 0 Å². The van der Waals surface area contributed by atoms with Gasteiger partial charge in [-0.1, -0.05) is 23.5 Å². The number of anilines is 1. The third kappa shape index (κ3) is 4.23. The zero-order valence-electron chi connectivity index (χ0n) is 11.8. The van der Waals surface area contributed by atoms with Crippen molar-refractivity contribution < 1.29 is 13.2 Å². The summed E-state index contributed by atoms with van der Waals surface area (Å²) in [6, 6.07) is 4.94. The average molecular weight is 327 g/mol. The summed E-state index contributed by atoms with van der Waals surface area (Å²) < 4.78 is 23.1. The minimum absolute atomic E-state index is 0.0919. The summed E-state index contributed by atoms with van der Waals surface area (Å²) in [5.41, 5.74) is 7.58. The molecular formula is C13H17N3O3S2. The maximum atomic E-state index is 11.9. The van der Waals surface area contributed by atoms with Crippen LogP contribution in [0.1, 0.15) is 12.0 Å². The highest BCUT2D eigenvalue weighted by atomic mass is 32.2. The highest BCUT2D eigenvalue weighted by Crippen LogP contribution is 2.27. The van der Waals surface area contributed by atoms with Crippen LogP contribution in [0.4, 0.5) is 5.13 Å². The Morgan fingerprint density at radius 1 is 1.48 bits per heavy atom. The molecule has 6 nitrogen and oxygen atoms in total. The van der Waals surface area contributed by atoms with Crippen molar-refractivity contribution in [1.82, 2.24) is 4.98 Å². The Labute approximate surface area is 127 Å². The highest BCUT2D eigenvalue weighted by Gasteiger charge is 2.17. The first-order valence-electron chi connectivity index (χ1n) is 6.36. The van der Waals surface area contributed by atoms with Crippen molar-refractivity contribution in [3.8, 4) is 0 Å². The molecule has 1 amide bonds. The number of nitrogens with one attached hydrogen (secondary N) is 1. The van der Waals surface area contributed by atoms with E-state index >= 15 is 0 Å². The van der Waals surface area contributed by atoms with Crippen LogP contribution in [0.5, 0.6) is 0 Å². The Hall–Kier alpha value is -1.51. The van der Waals surface area contributed by atoms with Crippen molar-refractivity contribution >= 4 is 42.4 Å². The van der Waals surface area contributed by atoms with Gasteiger partial charge in [0.2, 0.25) is 5.91 Å². The molecule has 3 N–H and O–H groups in total. The van der Waals surface area contributed by atoms with E-state index in [1.807, 2.05) is 25.1 Å². The second-order valence-corrected chi connectivity index (χ2v) is 8.25. The van der Waals surface area contributed by atoms with Gasteiger partial charge in [-0.05, 0) is 25.0 Å². The Balaban J connectivity index is 2.05. The van der Waals surface area contributed by atoms with Crippen molar-refractivity contribution in [3.63, 3.8) is 0 Å². The number of carbonyl (C=O) groups is 1. The van der Waals surface area contributed by atoms with E-state index in [1.165, 1.54) is 11.3 Å².